The van der Waals surface area contributed by atoms with Gasteiger partial charge in [-0.1, -0.05) is 13.0 Å². The SMILES string of the molecule is CCc1nn(C)c(C(=O)Nc2cccc(F)c2C#N)c1N. The van der Waals surface area contributed by atoms with Gasteiger partial charge in [0.1, 0.15) is 23.1 Å². The zero-order valence-corrected chi connectivity index (χ0v) is 11.6. The maximum atomic E-state index is 13.5. The molecule has 108 valence electrons. The van der Waals surface area contributed by atoms with Crippen LogP contribution < -0.4 is 11.1 Å². The number of rotatable bonds is 3. The predicted octanol–water partition coefficient (Wildman–Crippen LogP) is 1.83. The van der Waals surface area contributed by atoms with Crippen molar-refractivity contribution in [1.29, 1.82) is 5.26 Å². The first kappa shape index (κ1) is 14.5. The quantitative estimate of drug-likeness (QED) is 0.900. The van der Waals surface area contributed by atoms with Crippen molar-refractivity contribution in [2.24, 2.45) is 7.05 Å². The van der Waals surface area contributed by atoms with Gasteiger partial charge in [0.2, 0.25) is 0 Å². The van der Waals surface area contributed by atoms with Gasteiger partial charge in [-0.2, -0.15) is 10.4 Å². The Hall–Kier alpha value is -2.88. The van der Waals surface area contributed by atoms with E-state index in [1.54, 1.807) is 13.1 Å². The first-order chi connectivity index (χ1) is 9.99. The normalized spacial score (nSPS) is 10.2. The number of aromatic nitrogens is 2. The molecule has 0 aliphatic heterocycles. The topological polar surface area (TPSA) is 96.7 Å². The summed E-state index contributed by atoms with van der Waals surface area (Å²) in [7, 11) is 1.60. The highest BCUT2D eigenvalue weighted by Crippen LogP contribution is 2.21. The molecule has 0 fully saturated rings. The monoisotopic (exact) mass is 287 g/mol. The Kier molecular flexibility index (Phi) is 3.89. The van der Waals surface area contributed by atoms with E-state index in [0.717, 1.165) is 6.07 Å². The van der Waals surface area contributed by atoms with Crippen LogP contribution in [0.15, 0.2) is 18.2 Å². The number of nitrogen functional groups attached to an aromatic ring is 1. The molecule has 2 rings (SSSR count). The van der Waals surface area contributed by atoms with Crippen molar-refractivity contribution in [3.63, 3.8) is 0 Å². The smallest absolute Gasteiger partial charge is 0.276 e. The fourth-order valence-corrected chi connectivity index (χ4v) is 2.05. The van der Waals surface area contributed by atoms with Crippen LogP contribution in [0.4, 0.5) is 15.8 Å². The second-order valence-corrected chi connectivity index (χ2v) is 4.41. The summed E-state index contributed by atoms with van der Waals surface area (Å²) < 4.78 is 14.9. The lowest BCUT2D eigenvalue weighted by molar-refractivity contribution is 0.101. The Morgan fingerprint density at radius 3 is 2.86 bits per heavy atom. The number of nitrogens with zero attached hydrogens (tertiary/aromatic N) is 3. The molecule has 0 unspecified atom stereocenters. The van der Waals surface area contributed by atoms with Crippen molar-refractivity contribution < 1.29 is 9.18 Å². The largest absolute Gasteiger partial charge is 0.395 e. The number of amides is 1. The van der Waals surface area contributed by atoms with Crippen LogP contribution >= 0.6 is 0 Å². The fraction of sp³-hybridized carbons (Fsp3) is 0.214. The van der Waals surface area contributed by atoms with Gasteiger partial charge in [0.25, 0.3) is 5.91 Å². The minimum atomic E-state index is -0.692. The number of nitrogens with two attached hydrogens (primary N) is 1. The van der Waals surface area contributed by atoms with E-state index >= 15 is 0 Å². The van der Waals surface area contributed by atoms with Crippen molar-refractivity contribution in [1.82, 2.24) is 9.78 Å². The standard InChI is InChI=1S/C14H14FN5O/c1-3-10-12(17)13(20(2)19-10)14(21)18-11-6-4-5-9(15)8(11)7-16/h4-6H,3,17H2,1-2H3,(H,18,21). The minimum Gasteiger partial charge on any atom is -0.395 e. The Morgan fingerprint density at radius 1 is 1.57 bits per heavy atom. The molecule has 6 nitrogen and oxygen atoms in total. The molecule has 0 radical (unpaired) electrons. The van der Waals surface area contributed by atoms with E-state index in [-0.39, 0.29) is 22.6 Å². The molecule has 1 aromatic carbocycles. The lowest BCUT2D eigenvalue weighted by Crippen LogP contribution is -2.18. The number of halogens is 1. The molecule has 0 saturated carbocycles. The molecular weight excluding hydrogens is 273 g/mol. The van der Waals surface area contributed by atoms with Crippen LogP contribution in [0, 0.1) is 17.1 Å². The third kappa shape index (κ3) is 2.56. The molecule has 0 aliphatic carbocycles. The van der Waals surface area contributed by atoms with E-state index in [0.29, 0.717) is 12.1 Å². The first-order valence-corrected chi connectivity index (χ1v) is 6.30. The average molecular weight is 287 g/mol. The third-order valence-electron chi connectivity index (χ3n) is 3.08. The van der Waals surface area contributed by atoms with E-state index < -0.39 is 11.7 Å². The van der Waals surface area contributed by atoms with Crippen molar-refractivity contribution in [3.05, 3.63) is 41.0 Å². The fourth-order valence-electron chi connectivity index (χ4n) is 2.05. The summed E-state index contributed by atoms with van der Waals surface area (Å²) >= 11 is 0. The van der Waals surface area contributed by atoms with Crippen molar-refractivity contribution in [2.75, 3.05) is 11.1 Å². The van der Waals surface area contributed by atoms with E-state index in [1.807, 2.05) is 6.92 Å². The summed E-state index contributed by atoms with van der Waals surface area (Å²) in [5.74, 6) is -1.23. The van der Waals surface area contributed by atoms with Gasteiger partial charge in [0.05, 0.1) is 17.1 Å². The summed E-state index contributed by atoms with van der Waals surface area (Å²) in [6, 6.07) is 5.74. The van der Waals surface area contributed by atoms with Gasteiger partial charge in [-0.25, -0.2) is 4.39 Å². The van der Waals surface area contributed by atoms with Crippen LogP contribution in [0.3, 0.4) is 0 Å². The molecule has 7 heteroatoms. The second-order valence-electron chi connectivity index (χ2n) is 4.41. The minimum absolute atomic E-state index is 0.0983. The number of carbonyl (C=O) groups excluding carboxylic acids is 1. The van der Waals surface area contributed by atoms with E-state index in [4.69, 9.17) is 11.0 Å². The second kappa shape index (κ2) is 5.63. The highest BCUT2D eigenvalue weighted by atomic mass is 19.1. The van der Waals surface area contributed by atoms with Crippen molar-refractivity contribution >= 4 is 17.3 Å². The highest BCUT2D eigenvalue weighted by Gasteiger charge is 2.20. The first-order valence-electron chi connectivity index (χ1n) is 6.30. The Labute approximate surface area is 121 Å². The molecule has 0 aliphatic rings. The van der Waals surface area contributed by atoms with Crippen molar-refractivity contribution in [3.8, 4) is 6.07 Å². The number of aryl methyl sites for hydroxylation is 2. The van der Waals surface area contributed by atoms with Gasteiger partial charge in [0, 0.05) is 7.05 Å². The number of benzene rings is 1. The molecule has 1 heterocycles. The van der Waals surface area contributed by atoms with Crippen molar-refractivity contribution in [2.45, 2.75) is 13.3 Å². The Balaban J connectivity index is 2.38. The molecule has 2 aromatic rings. The lowest BCUT2D eigenvalue weighted by atomic mass is 10.1. The highest BCUT2D eigenvalue weighted by molar-refractivity contribution is 6.07. The molecule has 3 N–H and O–H groups in total. The molecule has 0 saturated heterocycles. The number of carbonyl (C=O) groups is 1. The summed E-state index contributed by atoms with van der Waals surface area (Å²) in [6.45, 7) is 1.88. The predicted molar refractivity (Wildman–Crippen MR) is 76.1 cm³/mol. The lowest BCUT2D eigenvalue weighted by Gasteiger charge is -2.08. The number of hydrogen-bond acceptors (Lipinski definition) is 4. The third-order valence-corrected chi connectivity index (χ3v) is 3.08. The molecule has 1 aromatic heterocycles. The summed E-state index contributed by atoms with van der Waals surface area (Å²) in [4.78, 5) is 12.3. The molecule has 0 bridgehead atoms. The summed E-state index contributed by atoms with van der Waals surface area (Å²) in [6.07, 6.45) is 0.594. The van der Waals surface area contributed by atoms with Gasteiger partial charge in [-0.05, 0) is 18.6 Å². The maximum Gasteiger partial charge on any atom is 0.276 e. The molecule has 1 amide bonds. The molecule has 0 spiro atoms. The zero-order valence-electron chi connectivity index (χ0n) is 11.6. The number of anilines is 2. The van der Waals surface area contributed by atoms with Crippen LogP contribution in [0.5, 0.6) is 0 Å². The summed E-state index contributed by atoms with van der Waals surface area (Å²) in [5.41, 5.74) is 6.84. The van der Waals surface area contributed by atoms with Crippen LogP contribution in [0.25, 0.3) is 0 Å². The number of nitrogens with one attached hydrogen (secondary N) is 1. The zero-order chi connectivity index (χ0) is 15.6. The van der Waals surface area contributed by atoms with Gasteiger partial charge in [0.15, 0.2) is 0 Å². The van der Waals surface area contributed by atoms with Crippen LogP contribution in [0.2, 0.25) is 0 Å². The van der Waals surface area contributed by atoms with Gasteiger partial charge < -0.3 is 11.1 Å². The molecular formula is C14H14FN5O. The van der Waals surface area contributed by atoms with Crippen LogP contribution in [-0.4, -0.2) is 15.7 Å². The van der Waals surface area contributed by atoms with Gasteiger partial charge >= 0.3 is 0 Å². The maximum absolute atomic E-state index is 13.5. The van der Waals surface area contributed by atoms with Crippen LogP contribution in [0.1, 0.15) is 28.7 Å². The van der Waals surface area contributed by atoms with E-state index in [9.17, 15) is 9.18 Å². The van der Waals surface area contributed by atoms with Gasteiger partial charge in [-0.15, -0.1) is 0 Å². The van der Waals surface area contributed by atoms with Crippen LogP contribution in [-0.2, 0) is 13.5 Å². The average Bonchev–Trinajstić information content (AvgIpc) is 2.73. The number of hydrogen-bond donors (Lipinski definition) is 2. The van der Waals surface area contributed by atoms with Gasteiger partial charge in [-0.3, -0.25) is 9.48 Å². The van der Waals surface area contributed by atoms with E-state index in [1.165, 1.54) is 16.8 Å². The summed E-state index contributed by atoms with van der Waals surface area (Å²) in [5, 5.41) is 15.6. The number of nitriles is 1. The molecule has 0 atom stereocenters. The Bertz CT molecular complexity index is 745. The van der Waals surface area contributed by atoms with E-state index in [2.05, 4.69) is 10.4 Å². The Morgan fingerprint density at radius 2 is 2.29 bits per heavy atom. The molecule has 21 heavy (non-hydrogen) atoms.